The largest absolute Gasteiger partial charge is 0.419 e. The number of hydrogen-bond acceptors (Lipinski definition) is 4. The van der Waals surface area contributed by atoms with Crippen molar-refractivity contribution in [2.75, 3.05) is 6.54 Å². The summed E-state index contributed by atoms with van der Waals surface area (Å²) in [7, 11) is 0. The molecule has 1 N–H and O–H groups in total. The second-order valence-corrected chi connectivity index (χ2v) is 4.47. The Balaban J connectivity index is 2.30. The Bertz CT molecular complexity index is 522. The average molecular weight is 259 g/mol. The van der Waals surface area contributed by atoms with Crippen LogP contribution in [0.25, 0.3) is 11.5 Å². The van der Waals surface area contributed by atoms with Crippen molar-refractivity contribution in [1.29, 1.82) is 0 Å². The maximum Gasteiger partial charge on any atom is 0.248 e. The van der Waals surface area contributed by atoms with Crippen LogP contribution in [-0.2, 0) is 6.42 Å². The van der Waals surface area contributed by atoms with E-state index >= 15 is 0 Å². The third-order valence-electron chi connectivity index (χ3n) is 3.23. The van der Waals surface area contributed by atoms with Crippen LogP contribution in [-0.4, -0.2) is 16.7 Å². The molecule has 0 aliphatic carbocycles. The summed E-state index contributed by atoms with van der Waals surface area (Å²) < 4.78 is 5.83. The Labute approximate surface area is 114 Å². The van der Waals surface area contributed by atoms with Gasteiger partial charge in [0.05, 0.1) is 6.04 Å². The highest BCUT2D eigenvalue weighted by Gasteiger charge is 2.17. The molecule has 0 fully saturated rings. The van der Waals surface area contributed by atoms with E-state index in [9.17, 15) is 0 Å². The van der Waals surface area contributed by atoms with Gasteiger partial charge in [-0.15, -0.1) is 10.2 Å². The van der Waals surface area contributed by atoms with E-state index < -0.39 is 0 Å². The molecule has 0 spiro atoms. The van der Waals surface area contributed by atoms with Crippen molar-refractivity contribution in [2.45, 2.75) is 39.7 Å². The zero-order valence-corrected chi connectivity index (χ0v) is 11.8. The van der Waals surface area contributed by atoms with Gasteiger partial charge in [0.1, 0.15) is 0 Å². The van der Waals surface area contributed by atoms with Gasteiger partial charge in [-0.2, -0.15) is 0 Å². The van der Waals surface area contributed by atoms with Crippen LogP contribution in [0.2, 0.25) is 0 Å². The first-order valence-corrected chi connectivity index (χ1v) is 6.95. The highest BCUT2D eigenvalue weighted by atomic mass is 16.4. The van der Waals surface area contributed by atoms with E-state index in [1.54, 1.807) is 0 Å². The molecule has 1 atom stereocenters. The molecule has 0 radical (unpaired) electrons. The summed E-state index contributed by atoms with van der Waals surface area (Å²) in [4.78, 5) is 0. The Morgan fingerprint density at radius 1 is 1.16 bits per heavy atom. The van der Waals surface area contributed by atoms with Crippen LogP contribution in [0, 0.1) is 0 Å². The number of nitrogens with one attached hydrogen (secondary N) is 1. The van der Waals surface area contributed by atoms with Crippen LogP contribution in [0.1, 0.15) is 44.7 Å². The van der Waals surface area contributed by atoms with Gasteiger partial charge in [0, 0.05) is 5.56 Å². The van der Waals surface area contributed by atoms with Crippen molar-refractivity contribution in [2.24, 2.45) is 0 Å². The molecule has 19 heavy (non-hydrogen) atoms. The van der Waals surface area contributed by atoms with E-state index in [0.717, 1.165) is 24.9 Å². The van der Waals surface area contributed by atoms with Gasteiger partial charge in [-0.3, -0.25) is 0 Å². The minimum atomic E-state index is 0.139. The summed E-state index contributed by atoms with van der Waals surface area (Å²) in [6, 6.07) is 8.30. The van der Waals surface area contributed by atoms with Crippen LogP contribution in [0.5, 0.6) is 0 Å². The van der Waals surface area contributed by atoms with Crippen molar-refractivity contribution in [3.63, 3.8) is 0 Å². The molecule has 0 saturated heterocycles. The van der Waals surface area contributed by atoms with Crippen molar-refractivity contribution >= 4 is 0 Å². The fourth-order valence-electron chi connectivity index (χ4n) is 2.17. The molecule has 1 heterocycles. The fourth-order valence-corrected chi connectivity index (χ4v) is 2.17. The molecular weight excluding hydrogens is 238 g/mol. The molecule has 4 nitrogen and oxygen atoms in total. The van der Waals surface area contributed by atoms with E-state index in [1.165, 1.54) is 5.56 Å². The van der Waals surface area contributed by atoms with Gasteiger partial charge in [-0.1, -0.05) is 39.0 Å². The van der Waals surface area contributed by atoms with Crippen molar-refractivity contribution in [3.8, 4) is 11.5 Å². The van der Waals surface area contributed by atoms with Crippen LogP contribution < -0.4 is 5.32 Å². The third kappa shape index (κ3) is 3.01. The van der Waals surface area contributed by atoms with Gasteiger partial charge in [-0.05, 0) is 31.0 Å². The van der Waals surface area contributed by atoms with Gasteiger partial charge < -0.3 is 9.73 Å². The Morgan fingerprint density at radius 3 is 2.63 bits per heavy atom. The predicted molar refractivity (Wildman–Crippen MR) is 75.8 cm³/mol. The Morgan fingerprint density at radius 2 is 1.95 bits per heavy atom. The summed E-state index contributed by atoms with van der Waals surface area (Å²) in [5, 5.41) is 11.7. The molecule has 0 saturated carbocycles. The van der Waals surface area contributed by atoms with E-state index in [-0.39, 0.29) is 6.04 Å². The first-order valence-electron chi connectivity index (χ1n) is 6.95. The number of hydrogen-bond donors (Lipinski definition) is 1. The highest BCUT2D eigenvalue weighted by Crippen LogP contribution is 2.25. The second kappa shape index (κ2) is 6.48. The standard InChI is InChI=1S/C15H21N3O/c1-4-11-9-7-8-10-12(11)14-17-18-15(19-14)13(5-2)16-6-3/h7-10,13,16H,4-6H2,1-3H3. The number of nitrogens with zero attached hydrogens (tertiary/aromatic N) is 2. The maximum absolute atomic E-state index is 5.83. The lowest BCUT2D eigenvalue weighted by Gasteiger charge is -2.10. The van der Waals surface area contributed by atoms with Crippen molar-refractivity contribution in [3.05, 3.63) is 35.7 Å². The van der Waals surface area contributed by atoms with E-state index in [1.807, 2.05) is 18.2 Å². The minimum absolute atomic E-state index is 0.139. The molecule has 0 aliphatic rings. The molecular formula is C15H21N3O. The Hall–Kier alpha value is -1.68. The number of rotatable bonds is 6. The molecule has 1 aromatic carbocycles. The Kier molecular flexibility index (Phi) is 4.68. The van der Waals surface area contributed by atoms with E-state index in [0.29, 0.717) is 11.8 Å². The number of benzene rings is 1. The summed E-state index contributed by atoms with van der Waals surface area (Å²) >= 11 is 0. The minimum Gasteiger partial charge on any atom is -0.419 e. The number of aryl methyl sites for hydroxylation is 1. The molecule has 2 aromatic rings. The summed E-state index contributed by atoms with van der Waals surface area (Å²) in [6.07, 6.45) is 1.89. The molecule has 102 valence electrons. The van der Waals surface area contributed by atoms with Crippen molar-refractivity contribution < 1.29 is 4.42 Å². The quantitative estimate of drug-likeness (QED) is 0.864. The summed E-state index contributed by atoms with van der Waals surface area (Å²) in [6.45, 7) is 7.20. The fraction of sp³-hybridized carbons (Fsp3) is 0.467. The predicted octanol–water partition coefficient (Wildman–Crippen LogP) is 3.36. The van der Waals surface area contributed by atoms with E-state index in [4.69, 9.17) is 4.42 Å². The number of aromatic nitrogens is 2. The zero-order chi connectivity index (χ0) is 13.7. The highest BCUT2D eigenvalue weighted by molar-refractivity contribution is 5.58. The first-order chi connectivity index (χ1) is 9.30. The third-order valence-corrected chi connectivity index (χ3v) is 3.23. The van der Waals surface area contributed by atoms with Gasteiger partial charge in [0.2, 0.25) is 11.8 Å². The maximum atomic E-state index is 5.83. The molecule has 4 heteroatoms. The van der Waals surface area contributed by atoms with Gasteiger partial charge in [0.15, 0.2) is 0 Å². The van der Waals surface area contributed by atoms with Crippen LogP contribution in [0.3, 0.4) is 0 Å². The smallest absolute Gasteiger partial charge is 0.248 e. The normalized spacial score (nSPS) is 12.6. The second-order valence-electron chi connectivity index (χ2n) is 4.47. The SMILES string of the molecule is CCNC(CC)c1nnc(-c2ccccc2CC)o1. The lowest BCUT2D eigenvalue weighted by molar-refractivity contribution is 0.402. The van der Waals surface area contributed by atoms with Crippen LogP contribution >= 0.6 is 0 Å². The summed E-state index contributed by atoms with van der Waals surface area (Å²) in [5.74, 6) is 1.29. The topological polar surface area (TPSA) is 51.0 Å². The van der Waals surface area contributed by atoms with E-state index in [2.05, 4.69) is 42.4 Å². The molecule has 1 unspecified atom stereocenters. The van der Waals surface area contributed by atoms with Crippen LogP contribution in [0.15, 0.2) is 28.7 Å². The molecule has 1 aromatic heterocycles. The average Bonchev–Trinajstić information content (AvgIpc) is 2.94. The van der Waals surface area contributed by atoms with Gasteiger partial charge in [-0.25, -0.2) is 0 Å². The zero-order valence-electron chi connectivity index (χ0n) is 11.8. The van der Waals surface area contributed by atoms with Crippen LogP contribution in [0.4, 0.5) is 0 Å². The lowest BCUT2D eigenvalue weighted by atomic mass is 10.1. The molecule has 2 rings (SSSR count). The molecule has 0 aliphatic heterocycles. The van der Waals surface area contributed by atoms with Crippen molar-refractivity contribution in [1.82, 2.24) is 15.5 Å². The summed E-state index contributed by atoms with van der Waals surface area (Å²) in [5.41, 5.74) is 2.27. The lowest BCUT2D eigenvalue weighted by Crippen LogP contribution is -2.20. The monoisotopic (exact) mass is 259 g/mol. The molecule has 0 bridgehead atoms. The first kappa shape index (κ1) is 13.7. The van der Waals surface area contributed by atoms with Gasteiger partial charge >= 0.3 is 0 Å². The van der Waals surface area contributed by atoms with Gasteiger partial charge in [0.25, 0.3) is 0 Å². The molecule has 0 amide bonds.